The van der Waals surface area contributed by atoms with Crippen molar-refractivity contribution in [2.75, 3.05) is 6.54 Å². The third-order valence-electron chi connectivity index (χ3n) is 3.33. The molecule has 1 amide bonds. The first-order valence-electron chi connectivity index (χ1n) is 7.12. The van der Waals surface area contributed by atoms with E-state index >= 15 is 0 Å². The van der Waals surface area contributed by atoms with E-state index in [9.17, 15) is 14.4 Å². The number of para-hydroxylation sites is 2. The van der Waals surface area contributed by atoms with Gasteiger partial charge in [0.2, 0.25) is 5.91 Å². The maximum Gasteiger partial charge on any atom is 0.328 e. The number of amides is 1. The van der Waals surface area contributed by atoms with Gasteiger partial charge >= 0.3 is 5.69 Å². The molecule has 118 valence electrons. The van der Waals surface area contributed by atoms with E-state index in [0.29, 0.717) is 13.0 Å². The van der Waals surface area contributed by atoms with E-state index in [4.69, 9.17) is 0 Å². The summed E-state index contributed by atoms with van der Waals surface area (Å²) in [6.45, 7) is 0.256. The highest BCUT2D eigenvalue weighted by molar-refractivity contribution is 5.76. The number of aromatic amines is 2. The number of nitrogens with zero attached hydrogens (tertiary/aromatic N) is 2. The van der Waals surface area contributed by atoms with Gasteiger partial charge in [-0.15, -0.1) is 0 Å². The Hall–Kier alpha value is -3.16. The van der Waals surface area contributed by atoms with Crippen LogP contribution in [0.1, 0.15) is 5.82 Å². The molecular formula is C15H15N5O3. The highest BCUT2D eigenvalue weighted by Gasteiger charge is 2.06. The molecular weight excluding hydrogens is 298 g/mol. The predicted octanol–water partition coefficient (Wildman–Crippen LogP) is -0.228. The number of benzene rings is 1. The standard InChI is InChI=1S/C15H15N5O3/c21-13-6-8-20(15(23)19-13)9-14(22)16-7-5-12-17-10-3-1-2-4-11(10)18-12/h1-4,6,8H,5,7,9H2,(H,16,22)(H,17,18)(H,19,21,23). The lowest BCUT2D eigenvalue weighted by Crippen LogP contribution is -2.36. The van der Waals surface area contributed by atoms with Gasteiger partial charge < -0.3 is 10.3 Å². The molecule has 23 heavy (non-hydrogen) atoms. The summed E-state index contributed by atoms with van der Waals surface area (Å²) in [5.41, 5.74) is 0.740. The van der Waals surface area contributed by atoms with Crippen molar-refractivity contribution in [3.8, 4) is 0 Å². The van der Waals surface area contributed by atoms with E-state index in [1.807, 2.05) is 24.3 Å². The zero-order chi connectivity index (χ0) is 16.2. The molecule has 0 fully saturated rings. The van der Waals surface area contributed by atoms with Gasteiger partial charge in [-0.05, 0) is 12.1 Å². The average molecular weight is 313 g/mol. The number of rotatable bonds is 5. The van der Waals surface area contributed by atoms with E-state index < -0.39 is 11.2 Å². The molecule has 0 spiro atoms. The minimum Gasteiger partial charge on any atom is -0.354 e. The Morgan fingerprint density at radius 2 is 2.00 bits per heavy atom. The fourth-order valence-electron chi connectivity index (χ4n) is 2.22. The lowest BCUT2D eigenvalue weighted by atomic mass is 10.3. The maximum atomic E-state index is 11.8. The Kier molecular flexibility index (Phi) is 4.05. The molecule has 8 heteroatoms. The van der Waals surface area contributed by atoms with E-state index in [2.05, 4.69) is 20.3 Å². The van der Waals surface area contributed by atoms with Crippen molar-refractivity contribution in [3.05, 3.63) is 63.2 Å². The van der Waals surface area contributed by atoms with Crippen molar-refractivity contribution >= 4 is 16.9 Å². The summed E-state index contributed by atoms with van der Waals surface area (Å²) in [4.78, 5) is 43.9. The van der Waals surface area contributed by atoms with Crippen LogP contribution in [-0.2, 0) is 17.8 Å². The van der Waals surface area contributed by atoms with Gasteiger partial charge in [-0.1, -0.05) is 12.1 Å². The highest BCUT2D eigenvalue weighted by atomic mass is 16.2. The number of imidazole rings is 1. The van der Waals surface area contributed by atoms with E-state index in [1.165, 1.54) is 12.3 Å². The van der Waals surface area contributed by atoms with Crippen LogP contribution in [0.4, 0.5) is 0 Å². The number of aromatic nitrogens is 4. The maximum absolute atomic E-state index is 11.8. The Balaban J connectivity index is 1.54. The van der Waals surface area contributed by atoms with Crippen molar-refractivity contribution in [1.82, 2.24) is 24.8 Å². The summed E-state index contributed by atoms with van der Waals surface area (Å²) >= 11 is 0. The predicted molar refractivity (Wildman–Crippen MR) is 84.1 cm³/mol. The van der Waals surface area contributed by atoms with Gasteiger partial charge in [-0.2, -0.15) is 0 Å². The fraction of sp³-hybridized carbons (Fsp3) is 0.200. The second kappa shape index (κ2) is 6.30. The number of nitrogens with one attached hydrogen (secondary N) is 3. The van der Waals surface area contributed by atoms with Gasteiger partial charge in [-0.3, -0.25) is 19.1 Å². The largest absolute Gasteiger partial charge is 0.354 e. The zero-order valence-corrected chi connectivity index (χ0v) is 12.2. The van der Waals surface area contributed by atoms with Crippen LogP contribution in [0.2, 0.25) is 0 Å². The molecule has 0 bridgehead atoms. The number of H-pyrrole nitrogens is 2. The van der Waals surface area contributed by atoms with Gasteiger partial charge in [0, 0.05) is 25.2 Å². The molecule has 0 unspecified atom stereocenters. The first-order chi connectivity index (χ1) is 11.1. The molecule has 0 aliphatic rings. The Labute approximate surface area is 130 Å². The third-order valence-corrected chi connectivity index (χ3v) is 3.33. The Bertz CT molecular complexity index is 920. The minimum atomic E-state index is -0.607. The van der Waals surface area contributed by atoms with Crippen molar-refractivity contribution < 1.29 is 4.79 Å². The molecule has 1 aromatic carbocycles. The Morgan fingerprint density at radius 1 is 1.17 bits per heavy atom. The number of carbonyl (C=O) groups excluding carboxylic acids is 1. The second-order valence-electron chi connectivity index (χ2n) is 5.04. The van der Waals surface area contributed by atoms with Crippen LogP contribution in [0.3, 0.4) is 0 Å². The summed E-state index contributed by atoms with van der Waals surface area (Å²) < 4.78 is 1.14. The number of hydrogen-bond donors (Lipinski definition) is 3. The molecule has 0 saturated carbocycles. The Morgan fingerprint density at radius 3 is 2.78 bits per heavy atom. The normalized spacial score (nSPS) is 10.8. The first-order valence-corrected chi connectivity index (χ1v) is 7.12. The van der Waals surface area contributed by atoms with Crippen molar-refractivity contribution in [2.24, 2.45) is 0 Å². The lowest BCUT2D eigenvalue weighted by Gasteiger charge is -2.05. The molecule has 0 atom stereocenters. The van der Waals surface area contributed by atoms with Crippen LogP contribution in [0.5, 0.6) is 0 Å². The van der Waals surface area contributed by atoms with Gasteiger partial charge in [0.25, 0.3) is 5.56 Å². The molecule has 0 aliphatic heterocycles. The van der Waals surface area contributed by atoms with Gasteiger partial charge in [0.05, 0.1) is 11.0 Å². The molecule has 0 saturated heterocycles. The van der Waals surface area contributed by atoms with Gasteiger partial charge in [0.15, 0.2) is 0 Å². The van der Waals surface area contributed by atoms with E-state index in [-0.39, 0.29) is 12.5 Å². The van der Waals surface area contributed by atoms with Crippen LogP contribution in [0.15, 0.2) is 46.1 Å². The highest BCUT2D eigenvalue weighted by Crippen LogP contribution is 2.10. The monoisotopic (exact) mass is 313 g/mol. The quantitative estimate of drug-likeness (QED) is 0.604. The molecule has 2 heterocycles. The number of hydrogen-bond acceptors (Lipinski definition) is 4. The van der Waals surface area contributed by atoms with Crippen molar-refractivity contribution in [1.29, 1.82) is 0 Å². The molecule has 3 N–H and O–H groups in total. The van der Waals surface area contributed by atoms with Crippen LogP contribution < -0.4 is 16.6 Å². The molecule has 2 aromatic heterocycles. The van der Waals surface area contributed by atoms with Crippen LogP contribution in [0, 0.1) is 0 Å². The van der Waals surface area contributed by atoms with E-state index in [0.717, 1.165) is 21.4 Å². The number of fused-ring (bicyclic) bond motifs is 1. The summed E-state index contributed by atoms with van der Waals surface area (Å²) in [7, 11) is 0. The lowest BCUT2D eigenvalue weighted by molar-refractivity contribution is -0.121. The zero-order valence-electron chi connectivity index (χ0n) is 12.2. The second-order valence-corrected chi connectivity index (χ2v) is 5.04. The van der Waals surface area contributed by atoms with Crippen molar-refractivity contribution in [2.45, 2.75) is 13.0 Å². The van der Waals surface area contributed by atoms with Crippen molar-refractivity contribution in [3.63, 3.8) is 0 Å². The topological polar surface area (TPSA) is 113 Å². The molecule has 0 radical (unpaired) electrons. The van der Waals surface area contributed by atoms with Crippen LogP contribution in [-0.4, -0.2) is 32.0 Å². The third kappa shape index (κ3) is 3.54. The SMILES string of the molecule is O=C(Cn1ccc(=O)[nH]c1=O)NCCc1nc2ccccc2[nH]1. The fourth-order valence-corrected chi connectivity index (χ4v) is 2.22. The molecule has 8 nitrogen and oxygen atoms in total. The summed E-state index contributed by atoms with van der Waals surface area (Å²) in [5.74, 6) is 0.475. The minimum absolute atomic E-state index is 0.143. The van der Waals surface area contributed by atoms with Crippen LogP contribution in [0.25, 0.3) is 11.0 Å². The summed E-state index contributed by atoms with van der Waals surface area (Å²) in [6, 6.07) is 8.89. The molecule has 3 aromatic rings. The van der Waals surface area contributed by atoms with E-state index in [1.54, 1.807) is 0 Å². The van der Waals surface area contributed by atoms with Gasteiger partial charge in [-0.25, -0.2) is 9.78 Å². The average Bonchev–Trinajstić information content (AvgIpc) is 2.93. The number of carbonyl (C=O) groups is 1. The molecule has 3 rings (SSSR count). The summed E-state index contributed by atoms with van der Waals surface area (Å²) in [5, 5.41) is 2.72. The molecule has 0 aliphatic carbocycles. The smallest absolute Gasteiger partial charge is 0.328 e. The first kappa shape index (κ1) is 14.8. The summed E-state index contributed by atoms with van der Waals surface area (Å²) in [6.07, 6.45) is 1.85. The van der Waals surface area contributed by atoms with Gasteiger partial charge in [0.1, 0.15) is 12.4 Å². The van der Waals surface area contributed by atoms with Crippen LogP contribution >= 0.6 is 0 Å².